The van der Waals surface area contributed by atoms with Crippen molar-refractivity contribution in [1.82, 2.24) is 15.0 Å². The minimum atomic E-state index is 0.442. The summed E-state index contributed by atoms with van der Waals surface area (Å²) in [6.07, 6.45) is 7.01. The first-order chi connectivity index (χ1) is 7.11. The van der Waals surface area contributed by atoms with Gasteiger partial charge in [0, 0.05) is 6.54 Å². The van der Waals surface area contributed by atoms with E-state index in [9.17, 15) is 0 Å². The predicted octanol–water partition coefficient (Wildman–Crippen LogP) is 1.88. The summed E-state index contributed by atoms with van der Waals surface area (Å²) in [4.78, 5) is 0. The normalized spacial score (nSPS) is 25.4. The van der Waals surface area contributed by atoms with Crippen LogP contribution in [0.15, 0.2) is 6.20 Å². The third-order valence-electron chi connectivity index (χ3n) is 3.32. The zero-order chi connectivity index (χ0) is 10.9. The largest absolute Gasteiger partial charge is 0.325 e. The summed E-state index contributed by atoms with van der Waals surface area (Å²) in [5.74, 6) is 0. The SMILES string of the molecule is CC1(C)CCCC(n2cc(CN)nn2)C1. The fourth-order valence-corrected chi connectivity index (χ4v) is 2.47. The molecule has 1 atom stereocenters. The van der Waals surface area contributed by atoms with E-state index in [1.807, 2.05) is 10.9 Å². The van der Waals surface area contributed by atoms with Crippen molar-refractivity contribution in [2.45, 2.75) is 52.1 Å². The van der Waals surface area contributed by atoms with Crippen molar-refractivity contribution in [2.24, 2.45) is 11.1 Å². The average Bonchev–Trinajstić information content (AvgIpc) is 2.64. The molecule has 0 saturated heterocycles. The van der Waals surface area contributed by atoms with Gasteiger partial charge in [-0.1, -0.05) is 25.5 Å². The molecule has 1 aliphatic rings. The Morgan fingerprint density at radius 2 is 2.40 bits per heavy atom. The standard InChI is InChI=1S/C11H20N4/c1-11(2)5-3-4-10(6-11)15-8-9(7-12)13-14-15/h8,10H,3-7,12H2,1-2H3. The van der Waals surface area contributed by atoms with Crippen LogP contribution >= 0.6 is 0 Å². The van der Waals surface area contributed by atoms with Crippen molar-refractivity contribution < 1.29 is 0 Å². The average molecular weight is 208 g/mol. The van der Waals surface area contributed by atoms with E-state index < -0.39 is 0 Å². The summed E-state index contributed by atoms with van der Waals surface area (Å²) < 4.78 is 2.00. The summed E-state index contributed by atoms with van der Waals surface area (Å²) >= 11 is 0. The minimum absolute atomic E-state index is 0.442. The molecule has 2 N–H and O–H groups in total. The fraction of sp³-hybridized carbons (Fsp3) is 0.818. The first kappa shape index (κ1) is 10.6. The molecular formula is C11H20N4. The smallest absolute Gasteiger partial charge is 0.0962 e. The lowest BCUT2D eigenvalue weighted by Crippen LogP contribution is -2.25. The second-order valence-corrected chi connectivity index (χ2v) is 5.31. The van der Waals surface area contributed by atoms with E-state index in [1.165, 1.54) is 25.7 Å². The van der Waals surface area contributed by atoms with Gasteiger partial charge in [0.15, 0.2) is 0 Å². The van der Waals surface area contributed by atoms with Crippen LogP contribution in [0.5, 0.6) is 0 Å². The maximum Gasteiger partial charge on any atom is 0.0962 e. The molecule has 1 unspecified atom stereocenters. The van der Waals surface area contributed by atoms with Gasteiger partial charge in [-0.05, 0) is 24.7 Å². The Kier molecular flexibility index (Phi) is 2.78. The molecule has 1 aromatic rings. The second kappa shape index (κ2) is 3.93. The molecule has 0 amide bonds. The Labute approximate surface area is 90.8 Å². The van der Waals surface area contributed by atoms with Crippen molar-refractivity contribution in [3.8, 4) is 0 Å². The molecule has 0 radical (unpaired) electrons. The van der Waals surface area contributed by atoms with Gasteiger partial charge in [-0.25, -0.2) is 4.68 Å². The fourth-order valence-electron chi connectivity index (χ4n) is 2.47. The molecule has 1 aliphatic carbocycles. The van der Waals surface area contributed by atoms with Crippen LogP contribution in [-0.4, -0.2) is 15.0 Å². The highest BCUT2D eigenvalue weighted by Crippen LogP contribution is 2.40. The van der Waals surface area contributed by atoms with Crippen LogP contribution in [0.2, 0.25) is 0 Å². The number of aromatic nitrogens is 3. The molecule has 1 aromatic heterocycles. The lowest BCUT2D eigenvalue weighted by Gasteiger charge is -2.34. The van der Waals surface area contributed by atoms with E-state index in [1.54, 1.807) is 0 Å². The molecule has 1 fully saturated rings. The molecule has 2 rings (SSSR count). The van der Waals surface area contributed by atoms with Crippen LogP contribution in [0.25, 0.3) is 0 Å². The molecule has 84 valence electrons. The third-order valence-corrected chi connectivity index (χ3v) is 3.32. The van der Waals surface area contributed by atoms with Crippen LogP contribution in [-0.2, 0) is 6.54 Å². The zero-order valence-corrected chi connectivity index (χ0v) is 9.61. The van der Waals surface area contributed by atoms with Gasteiger partial charge in [-0.15, -0.1) is 5.10 Å². The summed E-state index contributed by atoms with van der Waals surface area (Å²) in [5.41, 5.74) is 6.86. The van der Waals surface area contributed by atoms with Crippen LogP contribution in [0.4, 0.5) is 0 Å². The summed E-state index contributed by atoms with van der Waals surface area (Å²) in [5, 5.41) is 8.21. The molecular weight excluding hydrogens is 188 g/mol. The lowest BCUT2D eigenvalue weighted by molar-refractivity contribution is 0.173. The molecule has 0 spiro atoms. The van der Waals surface area contributed by atoms with E-state index in [4.69, 9.17) is 5.73 Å². The number of nitrogens with zero attached hydrogens (tertiary/aromatic N) is 3. The van der Waals surface area contributed by atoms with Gasteiger partial charge in [-0.2, -0.15) is 0 Å². The van der Waals surface area contributed by atoms with Crippen molar-refractivity contribution in [2.75, 3.05) is 0 Å². The molecule has 0 bridgehead atoms. The van der Waals surface area contributed by atoms with Gasteiger partial charge in [0.05, 0.1) is 17.9 Å². The van der Waals surface area contributed by atoms with Gasteiger partial charge < -0.3 is 5.73 Å². The lowest BCUT2D eigenvalue weighted by atomic mass is 9.75. The Balaban J connectivity index is 2.10. The van der Waals surface area contributed by atoms with Crippen molar-refractivity contribution in [1.29, 1.82) is 0 Å². The number of hydrogen-bond acceptors (Lipinski definition) is 3. The van der Waals surface area contributed by atoms with E-state index in [-0.39, 0.29) is 0 Å². The monoisotopic (exact) mass is 208 g/mol. The Hall–Kier alpha value is -0.900. The molecule has 0 aliphatic heterocycles. The molecule has 15 heavy (non-hydrogen) atoms. The summed E-state index contributed by atoms with van der Waals surface area (Å²) in [6, 6.07) is 0.515. The first-order valence-corrected chi connectivity index (χ1v) is 5.71. The quantitative estimate of drug-likeness (QED) is 0.807. The Morgan fingerprint density at radius 3 is 3.00 bits per heavy atom. The van der Waals surface area contributed by atoms with E-state index in [0.29, 0.717) is 18.0 Å². The highest BCUT2D eigenvalue weighted by Gasteiger charge is 2.29. The molecule has 4 nitrogen and oxygen atoms in total. The van der Waals surface area contributed by atoms with Gasteiger partial charge >= 0.3 is 0 Å². The zero-order valence-electron chi connectivity index (χ0n) is 9.61. The summed E-state index contributed by atoms with van der Waals surface area (Å²) in [7, 11) is 0. The Morgan fingerprint density at radius 1 is 1.60 bits per heavy atom. The topological polar surface area (TPSA) is 56.7 Å². The minimum Gasteiger partial charge on any atom is -0.325 e. The van der Waals surface area contributed by atoms with Crippen LogP contribution < -0.4 is 5.73 Å². The number of hydrogen-bond donors (Lipinski definition) is 1. The molecule has 1 heterocycles. The van der Waals surface area contributed by atoms with E-state index >= 15 is 0 Å². The molecule has 1 saturated carbocycles. The van der Waals surface area contributed by atoms with Gasteiger partial charge in [-0.3, -0.25) is 0 Å². The molecule has 0 aromatic carbocycles. The number of nitrogens with two attached hydrogens (primary N) is 1. The van der Waals surface area contributed by atoms with E-state index in [0.717, 1.165) is 5.69 Å². The van der Waals surface area contributed by atoms with Crippen molar-refractivity contribution in [3.05, 3.63) is 11.9 Å². The predicted molar refractivity (Wildman–Crippen MR) is 59.2 cm³/mol. The highest BCUT2D eigenvalue weighted by atomic mass is 15.4. The first-order valence-electron chi connectivity index (χ1n) is 5.71. The van der Waals surface area contributed by atoms with E-state index in [2.05, 4.69) is 24.2 Å². The third kappa shape index (κ3) is 2.37. The maximum atomic E-state index is 5.53. The van der Waals surface area contributed by atoms with Gasteiger partial charge in [0.2, 0.25) is 0 Å². The van der Waals surface area contributed by atoms with Crippen molar-refractivity contribution >= 4 is 0 Å². The van der Waals surface area contributed by atoms with Gasteiger partial charge in [0.1, 0.15) is 0 Å². The van der Waals surface area contributed by atoms with Crippen LogP contribution in [0.3, 0.4) is 0 Å². The highest BCUT2D eigenvalue weighted by molar-refractivity contribution is 4.93. The maximum absolute atomic E-state index is 5.53. The van der Waals surface area contributed by atoms with Crippen LogP contribution in [0, 0.1) is 5.41 Å². The van der Waals surface area contributed by atoms with Crippen molar-refractivity contribution in [3.63, 3.8) is 0 Å². The van der Waals surface area contributed by atoms with Gasteiger partial charge in [0.25, 0.3) is 0 Å². The Bertz CT molecular complexity index is 329. The summed E-state index contributed by atoms with van der Waals surface area (Å²) in [6.45, 7) is 5.15. The number of rotatable bonds is 2. The second-order valence-electron chi connectivity index (χ2n) is 5.31. The molecule has 4 heteroatoms. The van der Waals surface area contributed by atoms with Crippen LogP contribution in [0.1, 0.15) is 51.3 Å².